The largest absolute Gasteiger partial charge is 0.307 e. The van der Waals surface area contributed by atoms with Crippen LogP contribution in [0.5, 0.6) is 0 Å². The predicted octanol–water partition coefficient (Wildman–Crippen LogP) is 9.41. The second-order valence-electron chi connectivity index (χ2n) is 10.4. The lowest BCUT2D eigenvalue weighted by Gasteiger charge is -2.27. The molecule has 0 atom stereocenters. The zero-order valence-electron chi connectivity index (χ0n) is 20.5. The van der Waals surface area contributed by atoms with Gasteiger partial charge in [-0.05, 0) is 88.9 Å². The average Bonchev–Trinajstić information content (AvgIpc) is 2.93. The minimum Gasteiger partial charge on any atom is -0.307 e. The molecule has 0 radical (unpaired) electrons. The number of rotatable bonds is 3. The van der Waals surface area contributed by atoms with Crippen molar-refractivity contribution in [1.29, 1.82) is 0 Å². The molecule has 0 aromatic heterocycles. The van der Waals surface area contributed by atoms with Crippen LogP contribution in [0.1, 0.15) is 6.92 Å². The molecule has 0 heterocycles. The van der Waals surface area contributed by atoms with Crippen LogP contribution < -0.4 is 10.6 Å². The summed E-state index contributed by atoms with van der Waals surface area (Å²) in [5, 5.41) is 12.3. The summed E-state index contributed by atoms with van der Waals surface area (Å²) in [7, 11) is -4.38. The van der Waals surface area contributed by atoms with E-state index in [9.17, 15) is 4.57 Å². The number of alkyl halides is 2. The van der Waals surface area contributed by atoms with E-state index in [0.717, 1.165) is 71.6 Å². The zero-order chi connectivity index (χ0) is 25.8. The fourth-order valence-corrected chi connectivity index (χ4v) is 8.93. The molecule has 8 rings (SSSR count). The van der Waals surface area contributed by atoms with Crippen LogP contribution in [0.15, 0.2) is 109 Å². The van der Waals surface area contributed by atoms with E-state index in [2.05, 4.69) is 24.3 Å². The zero-order valence-corrected chi connectivity index (χ0v) is 21.4. The monoisotopic (exact) mass is 514 g/mol. The van der Waals surface area contributed by atoms with E-state index >= 15 is 8.78 Å². The highest BCUT2D eigenvalue weighted by atomic mass is 31.2. The van der Waals surface area contributed by atoms with Gasteiger partial charge in [0.25, 0.3) is 0 Å². The summed E-state index contributed by atoms with van der Waals surface area (Å²) in [5.41, 5.74) is -3.45. The molecule has 1 nitrogen and oxygen atoms in total. The van der Waals surface area contributed by atoms with Crippen molar-refractivity contribution in [3.8, 4) is 0 Å². The first-order valence-electron chi connectivity index (χ1n) is 12.7. The van der Waals surface area contributed by atoms with Gasteiger partial charge >= 0.3 is 5.66 Å². The number of hydrogen-bond acceptors (Lipinski definition) is 1. The Bertz CT molecular complexity index is 1980. The molecular formula is C34H21F2OP. The molecule has 0 bridgehead atoms. The molecule has 8 aromatic carbocycles. The molecule has 0 saturated carbocycles. The Hall–Kier alpha value is -4.07. The molecule has 0 amide bonds. The van der Waals surface area contributed by atoms with Crippen LogP contribution in [0.25, 0.3) is 64.6 Å². The second-order valence-corrected chi connectivity index (χ2v) is 13.4. The van der Waals surface area contributed by atoms with Crippen molar-refractivity contribution in [1.82, 2.24) is 0 Å². The van der Waals surface area contributed by atoms with E-state index in [-0.39, 0.29) is 10.6 Å². The summed E-state index contributed by atoms with van der Waals surface area (Å²) in [6, 6.07) is 35.0. The molecule has 0 saturated heterocycles. The number of benzene rings is 8. The third-order valence-corrected chi connectivity index (χ3v) is 11.3. The highest BCUT2D eigenvalue weighted by Crippen LogP contribution is 2.59. The van der Waals surface area contributed by atoms with E-state index in [0.29, 0.717) is 0 Å². The van der Waals surface area contributed by atoms with E-state index < -0.39 is 12.8 Å². The highest BCUT2D eigenvalue weighted by molar-refractivity contribution is 7.79. The van der Waals surface area contributed by atoms with Gasteiger partial charge in [-0.2, -0.15) is 8.78 Å². The first kappa shape index (κ1) is 22.0. The van der Waals surface area contributed by atoms with E-state index in [1.54, 1.807) is 24.3 Å². The SMILES string of the molecule is CC(F)(F)P(=O)(c1cc2ccc3cccc4ccc(c1)c2c34)c1cc2ccc3cccc4ccc(c1)c2c34. The molecule has 0 fully saturated rings. The van der Waals surface area contributed by atoms with Crippen LogP contribution >= 0.6 is 7.14 Å². The fourth-order valence-electron chi connectivity index (χ4n) is 6.44. The van der Waals surface area contributed by atoms with Gasteiger partial charge in [-0.25, -0.2) is 0 Å². The standard InChI is InChI=1S/C34H21F2OP/c1-34(35,36)38(37,28-16-24-12-8-20-4-2-5-21-9-13-25(17-28)32(24)30(20)21)29-18-26-14-10-22-6-3-7-23-11-15-27(19-29)33(26)31(22)23/h2-19H,1H3. The van der Waals surface area contributed by atoms with Crippen LogP contribution in [0, 0.1) is 0 Å². The van der Waals surface area contributed by atoms with Gasteiger partial charge in [0.15, 0.2) is 0 Å². The minimum atomic E-state index is -4.38. The molecule has 0 aliphatic rings. The Labute approximate surface area is 217 Å². The third-order valence-electron chi connectivity index (χ3n) is 8.18. The highest BCUT2D eigenvalue weighted by Gasteiger charge is 2.48. The maximum atomic E-state index is 15.6. The molecule has 38 heavy (non-hydrogen) atoms. The quantitative estimate of drug-likeness (QED) is 0.170. The first-order chi connectivity index (χ1) is 18.3. The van der Waals surface area contributed by atoms with Gasteiger partial charge in [-0.15, -0.1) is 0 Å². The Morgan fingerprint density at radius 2 is 0.737 bits per heavy atom. The number of hydrogen-bond donors (Lipinski definition) is 0. The molecule has 182 valence electrons. The Balaban J connectivity index is 1.45. The van der Waals surface area contributed by atoms with Gasteiger partial charge in [0.2, 0.25) is 7.14 Å². The van der Waals surface area contributed by atoms with Crippen LogP contribution in [-0.4, -0.2) is 5.66 Å². The predicted molar refractivity (Wildman–Crippen MR) is 158 cm³/mol. The van der Waals surface area contributed by atoms with Gasteiger partial charge < -0.3 is 4.57 Å². The molecule has 0 spiro atoms. The van der Waals surface area contributed by atoms with Crippen molar-refractivity contribution in [2.24, 2.45) is 0 Å². The smallest absolute Gasteiger partial charge is 0.303 e. The summed E-state index contributed by atoms with van der Waals surface area (Å²) in [6.07, 6.45) is 0. The second kappa shape index (κ2) is 7.28. The topological polar surface area (TPSA) is 17.1 Å². The molecule has 4 heteroatoms. The van der Waals surface area contributed by atoms with E-state index in [4.69, 9.17) is 0 Å². The molecule has 0 unspecified atom stereocenters. The molecule has 0 N–H and O–H groups in total. The van der Waals surface area contributed by atoms with Crippen LogP contribution in [0.2, 0.25) is 0 Å². The van der Waals surface area contributed by atoms with Crippen LogP contribution in [-0.2, 0) is 4.57 Å². The van der Waals surface area contributed by atoms with Gasteiger partial charge in [0, 0.05) is 17.5 Å². The normalized spacial score (nSPS) is 13.2. The van der Waals surface area contributed by atoms with Crippen molar-refractivity contribution in [3.05, 3.63) is 109 Å². The molecule has 0 aliphatic heterocycles. The summed E-state index contributed by atoms with van der Waals surface area (Å²) in [4.78, 5) is 0. The van der Waals surface area contributed by atoms with Gasteiger partial charge in [0.1, 0.15) is 0 Å². The lowest BCUT2D eigenvalue weighted by molar-refractivity contribution is 0.115. The molecule has 0 aliphatic carbocycles. The maximum absolute atomic E-state index is 15.6. The number of halogens is 2. The van der Waals surface area contributed by atoms with Crippen LogP contribution in [0.3, 0.4) is 0 Å². The Morgan fingerprint density at radius 3 is 1.03 bits per heavy atom. The van der Waals surface area contributed by atoms with Crippen molar-refractivity contribution in [3.63, 3.8) is 0 Å². The third kappa shape index (κ3) is 2.77. The minimum absolute atomic E-state index is 0.184. The van der Waals surface area contributed by atoms with Crippen molar-refractivity contribution in [2.75, 3.05) is 0 Å². The fraction of sp³-hybridized carbons (Fsp3) is 0.0588. The maximum Gasteiger partial charge on any atom is 0.303 e. The van der Waals surface area contributed by atoms with E-state index in [1.165, 1.54) is 0 Å². The van der Waals surface area contributed by atoms with Gasteiger partial charge in [-0.1, -0.05) is 84.9 Å². The Kier molecular flexibility index (Phi) is 4.21. The van der Waals surface area contributed by atoms with E-state index in [1.807, 2.05) is 60.7 Å². The average molecular weight is 515 g/mol. The molecule has 8 aromatic rings. The van der Waals surface area contributed by atoms with Gasteiger partial charge in [-0.3, -0.25) is 0 Å². The van der Waals surface area contributed by atoms with Crippen LogP contribution in [0.4, 0.5) is 8.78 Å². The molecular weight excluding hydrogens is 493 g/mol. The summed E-state index contributed by atoms with van der Waals surface area (Å²) >= 11 is 0. The van der Waals surface area contributed by atoms with Gasteiger partial charge in [0.05, 0.1) is 0 Å². The summed E-state index contributed by atoms with van der Waals surface area (Å²) in [5.74, 6) is 0. The summed E-state index contributed by atoms with van der Waals surface area (Å²) < 4.78 is 46.1. The van der Waals surface area contributed by atoms with Crippen molar-refractivity contribution in [2.45, 2.75) is 12.6 Å². The first-order valence-corrected chi connectivity index (χ1v) is 14.4. The lowest BCUT2D eigenvalue weighted by atomic mass is 9.94. The summed E-state index contributed by atoms with van der Waals surface area (Å²) in [6.45, 7) is 0.794. The van der Waals surface area contributed by atoms with Crippen molar-refractivity contribution >= 4 is 82.4 Å². The Morgan fingerprint density at radius 1 is 0.474 bits per heavy atom. The van der Waals surface area contributed by atoms with Crippen molar-refractivity contribution < 1.29 is 13.3 Å². The lowest BCUT2D eigenvalue weighted by Crippen LogP contribution is -2.28.